The van der Waals surface area contributed by atoms with E-state index in [0.29, 0.717) is 34.7 Å². The molecule has 1 spiro atoms. The molecule has 7 heterocycles. The molecule has 11 nitrogen and oxygen atoms in total. The molecule has 3 aromatic heterocycles. The highest BCUT2D eigenvalue weighted by Gasteiger charge is 2.61. The highest BCUT2D eigenvalue weighted by atomic mass is 79.9. The molecule has 0 fully saturated rings. The molecule has 10 rings (SSSR count). The number of halogens is 1. The molecular weight excluding hydrogens is 724 g/mol. The van der Waals surface area contributed by atoms with Crippen molar-refractivity contribution in [1.29, 1.82) is 0 Å². The van der Waals surface area contributed by atoms with Crippen molar-refractivity contribution >= 4 is 44.3 Å². The lowest BCUT2D eigenvalue weighted by atomic mass is 9.72. The maximum absolute atomic E-state index is 14.2. The maximum atomic E-state index is 14.2. The fourth-order valence-corrected chi connectivity index (χ4v) is 8.54. The minimum atomic E-state index is -1.03. The van der Waals surface area contributed by atoms with Crippen LogP contribution in [0.1, 0.15) is 62.1 Å². The molecule has 0 aliphatic carbocycles. The van der Waals surface area contributed by atoms with E-state index in [-0.39, 0.29) is 30.1 Å². The van der Waals surface area contributed by atoms with Gasteiger partial charge in [-0.15, -0.1) is 0 Å². The predicted molar refractivity (Wildman–Crippen MR) is 198 cm³/mol. The molecule has 262 valence electrons. The summed E-state index contributed by atoms with van der Waals surface area (Å²) in [5, 5.41) is 11.0. The zero-order chi connectivity index (χ0) is 35.6. The molecule has 2 amide bonds. The number of anilines is 1. The number of para-hydroxylation sites is 1. The van der Waals surface area contributed by atoms with Gasteiger partial charge in [0.25, 0.3) is 0 Å². The number of H-pyrrole nitrogens is 1. The molecule has 5 atom stereocenters. The van der Waals surface area contributed by atoms with Crippen molar-refractivity contribution in [3.63, 3.8) is 0 Å². The molecular formula is C40H35BrN6O5. The highest BCUT2D eigenvalue weighted by molar-refractivity contribution is 9.10. The number of rotatable bonds is 4. The van der Waals surface area contributed by atoms with Crippen LogP contribution >= 0.6 is 15.9 Å². The number of amides is 2. The number of nitrogens with zero attached hydrogens (tertiary/aromatic N) is 2. The lowest BCUT2D eigenvalue weighted by molar-refractivity contribution is -0.129. The largest absolute Gasteiger partial charge is 0.469 e. The van der Waals surface area contributed by atoms with Gasteiger partial charge in [0.05, 0.1) is 11.0 Å². The molecule has 4 aliphatic heterocycles. The number of hydrogen-bond donors (Lipinski definition) is 4. The van der Waals surface area contributed by atoms with E-state index in [9.17, 15) is 9.59 Å². The number of oxazole rings is 2. The first-order chi connectivity index (χ1) is 25.1. The Morgan fingerprint density at radius 3 is 2.65 bits per heavy atom. The van der Waals surface area contributed by atoms with Gasteiger partial charge in [0, 0.05) is 51.5 Å². The van der Waals surface area contributed by atoms with Crippen molar-refractivity contribution in [2.24, 2.45) is 11.8 Å². The Balaban J connectivity index is 1.28. The van der Waals surface area contributed by atoms with Crippen molar-refractivity contribution in [1.82, 2.24) is 25.6 Å². The first-order valence-corrected chi connectivity index (χ1v) is 18.6. The number of carbonyl (C=O) groups excluding carboxylic acids is 2. The van der Waals surface area contributed by atoms with Crippen molar-refractivity contribution in [3.05, 3.63) is 95.3 Å². The summed E-state index contributed by atoms with van der Waals surface area (Å²) < 4.78 is 20.5. The number of fused-ring (bicyclic) bond motifs is 7. The van der Waals surface area contributed by atoms with E-state index < -0.39 is 28.6 Å². The Morgan fingerprint density at radius 1 is 1.00 bits per heavy atom. The van der Waals surface area contributed by atoms with Crippen molar-refractivity contribution in [2.75, 3.05) is 5.32 Å². The van der Waals surface area contributed by atoms with E-state index in [1.54, 1.807) is 6.20 Å². The number of hydrogen-bond acceptors (Lipinski definition) is 8. The molecule has 12 heteroatoms. The van der Waals surface area contributed by atoms with Gasteiger partial charge in [-0.05, 0) is 35.1 Å². The summed E-state index contributed by atoms with van der Waals surface area (Å²) in [5.41, 5.74) is 6.89. The standard InChI is InChI=1S/C40H35BrN6O5/c1-17(2)30(41)36(49)44-26-14-19-11-12-27-24(13-19)40-23-9-5-8-21(32(23)47-39(40)51-27)20-7-6-10-25-29(20)22(15-42-25)28-16-43-37(50-28)33-34(40)52-38(46-33)31(18(3)4)45-35(26)48/h5-13,15-18,26,30-31,39,42,47H,14H2,1-4H3,(H,44,49)(H,45,48)/t26-,30?,31-,39?,40-/m0/s1. The third kappa shape index (κ3) is 4.24. The molecule has 2 unspecified atom stereocenters. The van der Waals surface area contributed by atoms with E-state index in [2.05, 4.69) is 73.3 Å². The van der Waals surface area contributed by atoms with Gasteiger partial charge in [0.1, 0.15) is 23.2 Å². The zero-order valence-electron chi connectivity index (χ0n) is 28.8. The summed E-state index contributed by atoms with van der Waals surface area (Å²) in [6, 6.07) is 17.0. The van der Waals surface area contributed by atoms with Crippen LogP contribution < -0.4 is 20.7 Å². The fourth-order valence-electron chi connectivity index (χ4n) is 8.41. The number of ether oxygens (including phenoxy) is 1. The molecule has 4 aliphatic rings. The van der Waals surface area contributed by atoms with Crippen molar-refractivity contribution < 1.29 is 23.2 Å². The maximum Gasteiger partial charge on any atom is 0.249 e. The SMILES string of the molecule is CC(C)C(Br)C(=O)N[C@H]1Cc2ccc3c(c2)[C@]24c5cccc(c5NC2O3)-c2cccc3[nH]cc(c23)-c2cnc(o2)-c2nc(oc24)[C@H](C(C)C)NC1=O. The van der Waals surface area contributed by atoms with E-state index in [1.165, 1.54) is 0 Å². The van der Waals surface area contributed by atoms with Gasteiger partial charge in [-0.2, -0.15) is 0 Å². The van der Waals surface area contributed by atoms with Crippen molar-refractivity contribution in [2.45, 2.75) is 62.7 Å². The van der Waals surface area contributed by atoms with Crippen LogP contribution in [0.5, 0.6) is 5.75 Å². The second kappa shape index (κ2) is 11.1. The number of carbonyl (C=O) groups is 2. The number of benzene rings is 3. The number of aromatic amines is 1. The molecule has 0 radical (unpaired) electrons. The quantitative estimate of drug-likeness (QED) is 0.138. The minimum Gasteiger partial charge on any atom is -0.469 e. The van der Waals surface area contributed by atoms with Gasteiger partial charge < -0.3 is 34.5 Å². The van der Waals surface area contributed by atoms with Crippen LogP contribution in [0.2, 0.25) is 0 Å². The van der Waals surface area contributed by atoms with Crippen LogP contribution in [-0.4, -0.2) is 43.9 Å². The smallest absolute Gasteiger partial charge is 0.249 e. The van der Waals surface area contributed by atoms with Gasteiger partial charge in [-0.25, -0.2) is 9.97 Å². The average Bonchev–Trinajstić information content (AvgIpc) is 3.95. The first-order valence-electron chi connectivity index (χ1n) is 17.7. The average molecular weight is 760 g/mol. The van der Waals surface area contributed by atoms with Gasteiger partial charge in [0.15, 0.2) is 23.4 Å². The van der Waals surface area contributed by atoms with Gasteiger partial charge in [-0.1, -0.05) is 86.1 Å². The van der Waals surface area contributed by atoms with Crippen LogP contribution in [0.4, 0.5) is 5.69 Å². The molecule has 10 bridgehead atoms. The highest BCUT2D eigenvalue weighted by Crippen LogP contribution is 2.61. The summed E-state index contributed by atoms with van der Waals surface area (Å²) in [6.45, 7) is 7.91. The molecule has 52 heavy (non-hydrogen) atoms. The van der Waals surface area contributed by atoms with Crippen LogP contribution in [0.3, 0.4) is 0 Å². The zero-order valence-corrected chi connectivity index (χ0v) is 30.4. The molecule has 0 saturated carbocycles. The first kappa shape index (κ1) is 31.4. The fraction of sp³-hybridized carbons (Fsp3) is 0.300. The van der Waals surface area contributed by atoms with E-state index >= 15 is 0 Å². The number of nitrogens with one attached hydrogen (secondary N) is 4. The minimum absolute atomic E-state index is 0.0257. The lowest BCUT2D eigenvalue weighted by Gasteiger charge is -2.29. The lowest BCUT2D eigenvalue weighted by Crippen LogP contribution is -2.51. The predicted octanol–water partition coefficient (Wildman–Crippen LogP) is 7.21. The summed E-state index contributed by atoms with van der Waals surface area (Å²) in [6.07, 6.45) is 3.32. The monoisotopic (exact) mass is 758 g/mol. The second-order valence-electron chi connectivity index (χ2n) is 14.8. The van der Waals surface area contributed by atoms with Gasteiger partial charge in [0.2, 0.25) is 23.6 Å². The topological polar surface area (TPSA) is 147 Å². The summed E-state index contributed by atoms with van der Waals surface area (Å²) in [4.78, 5) is 40.5. The van der Waals surface area contributed by atoms with Crippen LogP contribution in [-0.2, 0) is 21.4 Å². The van der Waals surface area contributed by atoms with E-state index in [0.717, 1.165) is 50.0 Å². The Bertz CT molecular complexity index is 2480. The third-order valence-electron chi connectivity index (χ3n) is 11.0. The van der Waals surface area contributed by atoms with Crippen LogP contribution in [0.25, 0.3) is 44.9 Å². The Morgan fingerprint density at radius 2 is 1.83 bits per heavy atom. The van der Waals surface area contributed by atoms with E-state index in [1.807, 2.05) is 52.1 Å². The van der Waals surface area contributed by atoms with Gasteiger partial charge in [-0.3, -0.25) is 9.59 Å². The van der Waals surface area contributed by atoms with Crippen LogP contribution in [0, 0.1) is 11.8 Å². The molecule has 3 aromatic carbocycles. The third-order valence-corrected chi connectivity index (χ3v) is 12.5. The summed E-state index contributed by atoms with van der Waals surface area (Å²) in [7, 11) is 0. The summed E-state index contributed by atoms with van der Waals surface area (Å²) in [5.74, 6) is 1.69. The Kier molecular flexibility index (Phi) is 6.68. The second-order valence-corrected chi connectivity index (χ2v) is 15.8. The van der Waals surface area contributed by atoms with Crippen molar-refractivity contribution in [3.8, 4) is 39.8 Å². The Hall–Kier alpha value is -5.36. The van der Waals surface area contributed by atoms with Gasteiger partial charge >= 0.3 is 0 Å². The summed E-state index contributed by atoms with van der Waals surface area (Å²) >= 11 is 3.52. The van der Waals surface area contributed by atoms with Crippen LogP contribution in [0.15, 0.2) is 75.8 Å². The molecule has 6 aromatic rings. The molecule has 0 saturated heterocycles. The molecule has 4 N–H and O–H groups in total. The number of aromatic nitrogens is 3. The number of alkyl halides is 1. The van der Waals surface area contributed by atoms with E-state index in [4.69, 9.17) is 23.5 Å². The normalized spacial score (nSPS) is 22.6. The Labute approximate surface area is 307 Å².